The summed E-state index contributed by atoms with van der Waals surface area (Å²) in [5, 5.41) is 3.41. The van der Waals surface area contributed by atoms with Gasteiger partial charge in [0.2, 0.25) is 0 Å². The van der Waals surface area contributed by atoms with E-state index in [9.17, 15) is 0 Å². The van der Waals surface area contributed by atoms with E-state index in [1.165, 1.54) is 65.0 Å². The monoisotopic (exact) mass is 225 g/mol. The second kappa shape index (κ2) is 6.58. The van der Waals surface area contributed by atoms with Crippen LogP contribution >= 0.6 is 0 Å². The minimum Gasteiger partial charge on any atom is -0.317 e. The molecule has 1 atom stereocenters. The van der Waals surface area contributed by atoms with Crippen LogP contribution in [-0.2, 0) is 0 Å². The van der Waals surface area contributed by atoms with Gasteiger partial charge < -0.3 is 10.2 Å². The second-order valence-corrected chi connectivity index (χ2v) is 5.19. The van der Waals surface area contributed by atoms with Crippen LogP contribution in [0.2, 0.25) is 0 Å². The number of piperazine rings is 1. The molecule has 0 aromatic heterocycles. The van der Waals surface area contributed by atoms with Crippen molar-refractivity contribution in [3.8, 4) is 0 Å². The van der Waals surface area contributed by atoms with E-state index in [0.717, 1.165) is 12.6 Å². The summed E-state index contributed by atoms with van der Waals surface area (Å²) in [5.74, 6) is 0. The van der Waals surface area contributed by atoms with Crippen LogP contribution in [0.3, 0.4) is 0 Å². The highest BCUT2D eigenvalue weighted by atomic mass is 15.3. The van der Waals surface area contributed by atoms with Gasteiger partial charge in [-0.25, -0.2) is 0 Å². The van der Waals surface area contributed by atoms with Crippen molar-refractivity contribution >= 4 is 0 Å². The lowest BCUT2D eigenvalue weighted by Crippen LogP contribution is -2.54. The molecule has 0 bridgehead atoms. The smallest absolute Gasteiger partial charge is 0.0223 e. The highest BCUT2D eigenvalue weighted by molar-refractivity contribution is 4.84. The van der Waals surface area contributed by atoms with Crippen LogP contribution in [0.5, 0.6) is 0 Å². The molecule has 0 radical (unpaired) electrons. The maximum absolute atomic E-state index is 3.41. The Labute approximate surface area is 100 Å². The van der Waals surface area contributed by atoms with E-state index in [0.29, 0.717) is 0 Å². The summed E-state index contributed by atoms with van der Waals surface area (Å²) >= 11 is 0. The van der Waals surface area contributed by atoms with Gasteiger partial charge in [0.1, 0.15) is 0 Å². The molecule has 0 aliphatic carbocycles. The average molecular weight is 225 g/mol. The SMILES string of the molecule is CCNCCCN1CCN2CCCCC2C1. The van der Waals surface area contributed by atoms with E-state index >= 15 is 0 Å². The quantitative estimate of drug-likeness (QED) is 0.708. The lowest BCUT2D eigenvalue weighted by molar-refractivity contribution is 0.0490. The standard InChI is InChI=1S/C13H27N3/c1-2-14-7-5-8-15-10-11-16-9-4-3-6-13(16)12-15/h13-14H,2-12H2,1H3. The molecule has 2 rings (SSSR count). The Balaban J connectivity index is 1.65. The van der Waals surface area contributed by atoms with Crippen molar-refractivity contribution in [2.24, 2.45) is 0 Å². The fraction of sp³-hybridized carbons (Fsp3) is 1.00. The number of fused-ring (bicyclic) bond motifs is 1. The van der Waals surface area contributed by atoms with Crippen molar-refractivity contribution in [3.63, 3.8) is 0 Å². The van der Waals surface area contributed by atoms with Gasteiger partial charge in [-0.2, -0.15) is 0 Å². The lowest BCUT2D eigenvalue weighted by Gasteiger charge is -2.44. The number of nitrogens with one attached hydrogen (secondary N) is 1. The number of hydrogen-bond acceptors (Lipinski definition) is 3. The van der Waals surface area contributed by atoms with Crippen molar-refractivity contribution in [1.29, 1.82) is 0 Å². The molecule has 2 aliphatic rings. The zero-order chi connectivity index (χ0) is 11.2. The highest BCUT2D eigenvalue weighted by Crippen LogP contribution is 2.20. The third kappa shape index (κ3) is 3.44. The fourth-order valence-electron chi connectivity index (χ4n) is 3.03. The molecule has 2 fully saturated rings. The average Bonchev–Trinajstić information content (AvgIpc) is 2.34. The molecular formula is C13H27N3. The largest absolute Gasteiger partial charge is 0.317 e. The van der Waals surface area contributed by atoms with Crippen LogP contribution in [0.1, 0.15) is 32.6 Å². The van der Waals surface area contributed by atoms with Gasteiger partial charge in [0.25, 0.3) is 0 Å². The first-order valence-corrected chi connectivity index (χ1v) is 7.07. The molecule has 0 aromatic carbocycles. The number of rotatable bonds is 5. The van der Waals surface area contributed by atoms with Crippen molar-refractivity contribution < 1.29 is 0 Å². The molecule has 3 nitrogen and oxygen atoms in total. The van der Waals surface area contributed by atoms with Gasteiger partial charge in [-0.15, -0.1) is 0 Å². The van der Waals surface area contributed by atoms with Gasteiger partial charge in [0.15, 0.2) is 0 Å². The summed E-state index contributed by atoms with van der Waals surface area (Å²) in [6.45, 7) is 11.0. The molecule has 0 amide bonds. The number of piperidine rings is 1. The maximum Gasteiger partial charge on any atom is 0.0223 e. The summed E-state index contributed by atoms with van der Waals surface area (Å²) in [7, 11) is 0. The zero-order valence-corrected chi connectivity index (χ0v) is 10.7. The fourth-order valence-corrected chi connectivity index (χ4v) is 3.03. The van der Waals surface area contributed by atoms with Gasteiger partial charge in [0.05, 0.1) is 0 Å². The van der Waals surface area contributed by atoms with Crippen LogP contribution in [0.15, 0.2) is 0 Å². The summed E-state index contributed by atoms with van der Waals surface area (Å²) in [6, 6.07) is 0.877. The molecule has 2 saturated heterocycles. The minimum atomic E-state index is 0.877. The van der Waals surface area contributed by atoms with E-state index in [2.05, 4.69) is 22.0 Å². The Hall–Kier alpha value is -0.120. The molecule has 2 aliphatic heterocycles. The van der Waals surface area contributed by atoms with E-state index in [1.807, 2.05) is 0 Å². The summed E-state index contributed by atoms with van der Waals surface area (Å²) < 4.78 is 0. The number of nitrogens with zero attached hydrogens (tertiary/aromatic N) is 2. The molecule has 3 heteroatoms. The lowest BCUT2D eigenvalue weighted by atomic mass is 9.99. The van der Waals surface area contributed by atoms with Crippen LogP contribution in [0, 0.1) is 0 Å². The summed E-state index contributed by atoms with van der Waals surface area (Å²) in [5.41, 5.74) is 0. The van der Waals surface area contributed by atoms with E-state index in [4.69, 9.17) is 0 Å². The van der Waals surface area contributed by atoms with Crippen LogP contribution in [0.4, 0.5) is 0 Å². The Morgan fingerprint density at radius 1 is 1.19 bits per heavy atom. The minimum absolute atomic E-state index is 0.877. The summed E-state index contributed by atoms with van der Waals surface area (Å²) in [6.07, 6.45) is 5.62. The van der Waals surface area contributed by atoms with Crippen molar-refractivity contribution in [1.82, 2.24) is 15.1 Å². The van der Waals surface area contributed by atoms with Gasteiger partial charge in [-0.3, -0.25) is 4.90 Å². The third-order valence-electron chi connectivity index (χ3n) is 4.00. The van der Waals surface area contributed by atoms with Gasteiger partial charge >= 0.3 is 0 Å². The predicted octanol–water partition coefficient (Wildman–Crippen LogP) is 1.16. The van der Waals surface area contributed by atoms with Crippen LogP contribution < -0.4 is 5.32 Å². The Morgan fingerprint density at radius 2 is 2.12 bits per heavy atom. The first-order chi connectivity index (χ1) is 7.90. The summed E-state index contributed by atoms with van der Waals surface area (Å²) in [4.78, 5) is 5.38. The van der Waals surface area contributed by atoms with E-state index in [1.54, 1.807) is 0 Å². The Bertz CT molecular complexity index is 196. The normalized spacial score (nSPS) is 27.9. The molecular weight excluding hydrogens is 198 g/mol. The number of hydrogen-bond donors (Lipinski definition) is 1. The van der Waals surface area contributed by atoms with Gasteiger partial charge in [-0.1, -0.05) is 13.3 Å². The Kier molecular flexibility index (Phi) is 5.07. The molecule has 0 aromatic rings. The molecule has 2 heterocycles. The molecule has 1 unspecified atom stereocenters. The first kappa shape index (κ1) is 12.3. The Morgan fingerprint density at radius 3 is 3.00 bits per heavy atom. The molecule has 1 N–H and O–H groups in total. The maximum atomic E-state index is 3.41. The van der Waals surface area contributed by atoms with E-state index < -0.39 is 0 Å². The van der Waals surface area contributed by atoms with E-state index in [-0.39, 0.29) is 0 Å². The van der Waals surface area contributed by atoms with Gasteiger partial charge in [-0.05, 0) is 45.4 Å². The predicted molar refractivity (Wildman–Crippen MR) is 68.8 cm³/mol. The molecule has 0 saturated carbocycles. The molecule has 0 spiro atoms. The molecule has 16 heavy (non-hydrogen) atoms. The van der Waals surface area contributed by atoms with Crippen LogP contribution in [-0.4, -0.2) is 61.7 Å². The van der Waals surface area contributed by atoms with Crippen LogP contribution in [0.25, 0.3) is 0 Å². The third-order valence-corrected chi connectivity index (χ3v) is 4.00. The first-order valence-electron chi connectivity index (χ1n) is 7.07. The highest BCUT2D eigenvalue weighted by Gasteiger charge is 2.28. The topological polar surface area (TPSA) is 18.5 Å². The second-order valence-electron chi connectivity index (χ2n) is 5.19. The zero-order valence-electron chi connectivity index (χ0n) is 10.7. The van der Waals surface area contributed by atoms with Crippen molar-refractivity contribution in [2.75, 3.05) is 45.8 Å². The molecule has 94 valence electrons. The van der Waals surface area contributed by atoms with Gasteiger partial charge in [0, 0.05) is 25.7 Å². The van der Waals surface area contributed by atoms with Crippen molar-refractivity contribution in [3.05, 3.63) is 0 Å². The van der Waals surface area contributed by atoms with Crippen molar-refractivity contribution in [2.45, 2.75) is 38.6 Å².